The predicted octanol–water partition coefficient (Wildman–Crippen LogP) is 3.61. The fraction of sp³-hybridized carbons (Fsp3) is 0.0714. The molecule has 0 radical (unpaired) electrons. The van der Waals surface area contributed by atoms with Crippen LogP contribution in [0.5, 0.6) is 0 Å². The van der Waals surface area contributed by atoms with Crippen LogP contribution in [0.3, 0.4) is 0 Å². The van der Waals surface area contributed by atoms with Crippen molar-refractivity contribution in [3.63, 3.8) is 0 Å². The highest BCUT2D eigenvalue weighted by atomic mass is 35.5. The number of benzene rings is 2. The van der Waals surface area contributed by atoms with Gasteiger partial charge in [-0.25, -0.2) is 4.79 Å². The minimum absolute atomic E-state index is 0.0450. The van der Waals surface area contributed by atoms with Gasteiger partial charge in [-0.3, -0.25) is 10.1 Å². The molecule has 20 heavy (non-hydrogen) atoms. The molecule has 0 bridgehead atoms. The van der Waals surface area contributed by atoms with Gasteiger partial charge in [0.15, 0.2) is 0 Å². The van der Waals surface area contributed by atoms with Gasteiger partial charge >= 0.3 is 11.7 Å². The summed E-state index contributed by atoms with van der Waals surface area (Å²) in [5.41, 5.74) is 0.205. The molecule has 2 aromatic rings. The fourth-order valence-corrected chi connectivity index (χ4v) is 1.91. The SMILES string of the molecule is O=C(OCc1ccccc1)c1cccc(Cl)c1[N+](=O)[O-]. The second-order valence-electron chi connectivity index (χ2n) is 3.95. The zero-order chi connectivity index (χ0) is 14.5. The van der Waals surface area contributed by atoms with Gasteiger partial charge in [0.1, 0.15) is 17.2 Å². The van der Waals surface area contributed by atoms with Crippen LogP contribution in [-0.4, -0.2) is 10.9 Å². The summed E-state index contributed by atoms with van der Waals surface area (Å²) in [4.78, 5) is 22.2. The van der Waals surface area contributed by atoms with E-state index < -0.39 is 16.6 Å². The lowest BCUT2D eigenvalue weighted by Gasteiger charge is -2.06. The quantitative estimate of drug-likeness (QED) is 0.490. The second-order valence-corrected chi connectivity index (χ2v) is 4.36. The Kier molecular flexibility index (Phi) is 4.32. The lowest BCUT2D eigenvalue weighted by atomic mass is 10.2. The Hall–Kier alpha value is -2.40. The smallest absolute Gasteiger partial charge is 0.345 e. The number of hydrogen-bond acceptors (Lipinski definition) is 4. The third-order valence-electron chi connectivity index (χ3n) is 2.60. The number of carbonyl (C=O) groups excluding carboxylic acids is 1. The number of carbonyl (C=O) groups is 1. The van der Waals surface area contributed by atoms with Crippen LogP contribution in [0.1, 0.15) is 15.9 Å². The molecule has 2 aromatic carbocycles. The predicted molar refractivity (Wildman–Crippen MR) is 73.7 cm³/mol. The van der Waals surface area contributed by atoms with E-state index in [0.717, 1.165) is 5.56 Å². The third kappa shape index (κ3) is 3.13. The molecule has 0 aliphatic rings. The van der Waals surface area contributed by atoms with Crippen LogP contribution < -0.4 is 0 Å². The summed E-state index contributed by atoms with van der Waals surface area (Å²) in [6.45, 7) is 0.0450. The Bertz CT molecular complexity index is 643. The van der Waals surface area contributed by atoms with E-state index in [4.69, 9.17) is 16.3 Å². The van der Waals surface area contributed by atoms with Crippen molar-refractivity contribution in [3.05, 3.63) is 74.8 Å². The van der Waals surface area contributed by atoms with E-state index in [1.54, 1.807) is 12.1 Å². The minimum Gasteiger partial charge on any atom is -0.457 e. The Morgan fingerprint density at radius 3 is 2.50 bits per heavy atom. The van der Waals surface area contributed by atoms with E-state index >= 15 is 0 Å². The van der Waals surface area contributed by atoms with Gasteiger partial charge in [-0.1, -0.05) is 48.0 Å². The molecule has 0 heterocycles. The number of ether oxygens (including phenoxy) is 1. The van der Waals surface area contributed by atoms with E-state index in [0.29, 0.717) is 0 Å². The van der Waals surface area contributed by atoms with E-state index in [1.165, 1.54) is 18.2 Å². The molecule has 0 spiro atoms. The standard InChI is InChI=1S/C14H10ClNO4/c15-12-8-4-7-11(13(12)16(18)19)14(17)20-9-10-5-2-1-3-6-10/h1-8H,9H2. The minimum atomic E-state index is -0.775. The van der Waals surface area contributed by atoms with Gasteiger partial charge in [0.2, 0.25) is 0 Å². The second kappa shape index (κ2) is 6.16. The highest BCUT2D eigenvalue weighted by Gasteiger charge is 2.24. The Labute approximate surface area is 119 Å². The van der Waals surface area contributed by atoms with Crippen LogP contribution >= 0.6 is 11.6 Å². The van der Waals surface area contributed by atoms with Crippen molar-refractivity contribution in [1.82, 2.24) is 0 Å². The molecule has 2 rings (SSSR count). The van der Waals surface area contributed by atoms with Crippen molar-refractivity contribution < 1.29 is 14.5 Å². The zero-order valence-electron chi connectivity index (χ0n) is 10.3. The summed E-state index contributed by atoms with van der Waals surface area (Å²) >= 11 is 5.74. The highest BCUT2D eigenvalue weighted by molar-refractivity contribution is 6.33. The van der Waals surface area contributed by atoms with Gasteiger partial charge in [-0.05, 0) is 17.7 Å². The molecular formula is C14H10ClNO4. The molecule has 0 aliphatic heterocycles. The molecule has 5 nitrogen and oxygen atoms in total. The highest BCUT2D eigenvalue weighted by Crippen LogP contribution is 2.28. The van der Waals surface area contributed by atoms with Gasteiger partial charge in [0, 0.05) is 0 Å². The number of rotatable bonds is 4. The first-order valence-corrected chi connectivity index (χ1v) is 6.11. The van der Waals surface area contributed by atoms with Gasteiger partial charge in [0.05, 0.1) is 4.92 Å². The molecule has 0 aliphatic carbocycles. The van der Waals surface area contributed by atoms with Crippen molar-refractivity contribution in [1.29, 1.82) is 0 Å². The van der Waals surface area contributed by atoms with Crippen molar-refractivity contribution in [2.24, 2.45) is 0 Å². The number of para-hydroxylation sites is 1. The van der Waals surface area contributed by atoms with Crippen molar-refractivity contribution in [3.8, 4) is 0 Å². The number of hydrogen-bond donors (Lipinski definition) is 0. The molecule has 0 N–H and O–H groups in total. The van der Waals surface area contributed by atoms with E-state index in [-0.39, 0.29) is 17.2 Å². The summed E-state index contributed by atoms with van der Waals surface area (Å²) in [6.07, 6.45) is 0. The summed E-state index contributed by atoms with van der Waals surface area (Å²) < 4.78 is 5.06. The average molecular weight is 292 g/mol. The topological polar surface area (TPSA) is 69.4 Å². The lowest BCUT2D eigenvalue weighted by Crippen LogP contribution is -2.08. The summed E-state index contributed by atoms with van der Waals surface area (Å²) in [6, 6.07) is 13.2. The maximum atomic E-state index is 11.9. The number of esters is 1. The molecular weight excluding hydrogens is 282 g/mol. The Balaban J connectivity index is 2.18. The van der Waals surface area contributed by atoms with Gasteiger partial charge < -0.3 is 4.74 Å². The lowest BCUT2D eigenvalue weighted by molar-refractivity contribution is -0.385. The van der Waals surface area contributed by atoms with E-state index in [2.05, 4.69) is 0 Å². The normalized spacial score (nSPS) is 10.1. The molecule has 0 atom stereocenters. The van der Waals surface area contributed by atoms with Crippen LogP contribution in [0, 0.1) is 10.1 Å². The summed E-state index contributed by atoms with van der Waals surface area (Å²) in [5.74, 6) is -0.775. The maximum Gasteiger partial charge on any atom is 0.345 e. The Morgan fingerprint density at radius 1 is 1.15 bits per heavy atom. The van der Waals surface area contributed by atoms with Crippen LogP contribution in [-0.2, 0) is 11.3 Å². The molecule has 0 saturated heterocycles. The molecule has 0 saturated carbocycles. The van der Waals surface area contributed by atoms with Gasteiger partial charge in [0.25, 0.3) is 0 Å². The third-order valence-corrected chi connectivity index (χ3v) is 2.91. The zero-order valence-corrected chi connectivity index (χ0v) is 11.0. The van der Waals surface area contributed by atoms with Crippen LogP contribution in [0.4, 0.5) is 5.69 Å². The molecule has 102 valence electrons. The molecule has 0 aromatic heterocycles. The Morgan fingerprint density at radius 2 is 1.85 bits per heavy atom. The maximum absolute atomic E-state index is 11.9. The van der Waals surface area contributed by atoms with Crippen LogP contribution in [0.15, 0.2) is 48.5 Å². The first-order valence-electron chi connectivity index (χ1n) is 5.73. The first kappa shape index (κ1) is 14.0. The largest absolute Gasteiger partial charge is 0.457 e. The van der Waals surface area contributed by atoms with Gasteiger partial charge in [-0.15, -0.1) is 0 Å². The molecule has 6 heteroatoms. The summed E-state index contributed by atoms with van der Waals surface area (Å²) in [5, 5.41) is 10.8. The van der Waals surface area contributed by atoms with E-state index in [1.807, 2.05) is 18.2 Å². The molecule has 0 amide bonds. The number of halogens is 1. The number of nitro benzene ring substituents is 1. The number of nitrogens with zero attached hydrogens (tertiary/aromatic N) is 1. The monoisotopic (exact) mass is 291 g/mol. The van der Waals surface area contributed by atoms with Gasteiger partial charge in [-0.2, -0.15) is 0 Å². The fourth-order valence-electron chi connectivity index (χ4n) is 1.67. The van der Waals surface area contributed by atoms with Crippen molar-refractivity contribution >= 4 is 23.3 Å². The summed E-state index contributed by atoms with van der Waals surface area (Å²) in [7, 11) is 0. The van der Waals surface area contributed by atoms with Crippen molar-refractivity contribution in [2.75, 3.05) is 0 Å². The average Bonchev–Trinajstić information content (AvgIpc) is 2.45. The van der Waals surface area contributed by atoms with Crippen LogP contribution in [0.2, 0.25) is 5.02 Å². The first-order chi connectivity index (χ1) is 9.59. The molecule has 0 fully saturated rings. The number of nitro groups is 1. The molecule has 0 unspecified atom stereocenters. The van der Waals surface area contributed by atoms with Crippen LogP contribution in [0.25, 0.3) is 0 Å². The van der Waals surface area contributed by atoms with E-state index in [9.17, 15) is 14.9 Å². The van der Waals surface area contributed by atoms with Crippen molar-refractivity contribution in [2.45, 2.75) is 6.61 Å².